The third-order valence-electron chi connectivity index (χ3n) is 4.09. The molecular weight excluding hydrogens is 376 g/mol. The summed E-state index contributed by atoms with van der Waals surface area (Å²) in [5.41, 5.74) is 0.478. The summed E-state index contributed by atoms with van der Waals surface area (Å²) in [6, 6.07) is 9.61. The Bertz CT molecular complexity index is 995. The van der Waals surface area contributed by atoms with Crippen molar-refractivity contribution in [1.82, 2.24) is 5.32 Å². The van der Waals surface area contributed by atoms with Crippen molar-refractivity contribution < 1.29 is 29.0 Å². The number of phenolic OH excluding ortho intramolecular Hbond substituents is 1. The predicted molar refractivity (Wildman–Crippen MR) is 106 cm³/mol. The second-order valence-corrected chi connectivity index (χ2v) is 6.54. The van der Waals surface area contributed by atoms with Crippen molar-refractivity contribution in [3.05, 3.63) is 53.6 Å². The highest BCUT2D eigenvalue weighted by Crippen LogP contribution is 2.30. The van der Waals surface area contributed by atoms with Crippen LogP contribution in [0, 0.1) is 0 Å². The fourth-order valence-electron chi connectivity index (χ4n) is 2.77. The Balaban J connectivity index is 2.03. The number of carbonyl (C=O) groups is 3. The van der Waals surface area contributed by atoms with Crippen LogP contribution in [-0.4, -0.2) is 36.2 Å². The molecular formula is C21H20N2O6. The molecule has 8 heteroatoms. The number of nitrogens with zero attached hydrogens (tertiary/aromatic N) is 1. The van der Waals surface area contributed by atoms with Crippen LogP contribution < -0.4 is 19.7 Å². The molecule has 29 heavy (non-hydrogen) atoms. The molecule has 0 bridgehead atoms. The number of hydrogen-bond acceptors (Lipinski definition) is 6. The van der Waals surface area contributed by atoms with Gasteiger partial charge in [0.2, 0.25) is 0 Å². The van der Waals surface area contributed by atoms with E-state index in [1.54, 1.807) is 18.2 Å². The lowest BCUT2D eigenvalue weighted by molar-refractivity contribution is -0.122. The largest absolute Gasteiger partial charge is 0.508 e. The first-order chi connectivity index (χ1) is 13.8. The van der Waals surface area contributed by atoms with Crippen LogP contribution in [0.25, 0.3) is 6.08 Å². The molecule has 2 aromatic carbocycles. The van der Waals surface area contributed by atoms with Gasteiger partial charge in [-0.2, -0.15) is 0 Å². The summed E-state index contributed by atoms with van der Waals surface area (Å²) in [4.78, 5) is 38.4. The van der Waals surface area contributed by atoms with E-state index in [0.717, 1.165) is 4.90 Å². The highest BCUT2D eigenvalue weighted by molar-refractivity contribution is 6.39. The normalized spacial score (nSPS) is 15.7. The van der Waals surface area contributed by atoms with Gasteiger partial charge in [-0.05, 0) is 56.3 Å². The predicted octanol–water partition coefficient (Wildman–Crippen LogP) is 2.85. The summed E-state index contributed by atoms with van der Waals surface area (Å²) < 4.78 is 11.0. The quantitative estimate of drug-likeness (QED) is 0.595. The molecule has 1 saturated heterocycles. The molecule has 1 fully saturated rings. The summed E-state index contributed by atoms with van der Waals surface area (Å²) in [5.74, 6) is -0.611. The Labute approximate surface area is 167 Å². The zero-order valence-corrected chi connectivity index (χ0v) is 16.1. The first-order valence-corrected chi connectivity index (χ1v) is 8.85. The van der Waals surface area contributed by atoms with E-state index in [0.29, 0.717) is 17.1 Å². The summed E-state index contributed by atoms with van der Waals surface area (Å²) in [6.07, 6.45) is 1.22. The molecule has 0 spiro atoms. The van der Waals surface area contributed by atoms with Crippen LogP contribution in [-0.2, 0) is 9.59 Å². The SMILES string of the molecule is COc1ccc(/C=C2\C(=O)NC(=O)N(c3ccc(O)cc3)C2=O)c(OC(C)C)c1. The average Bonchev–Trinajstić information content (AvgIpc) is 2.67. The average molecular weight is 396 g/mol. The van der Waals surface area contributed by atoms with Gasteiger partial charge in [-0.3, -0.25) is 14.9 Å². The number of benzene rings is 2. The summed E-state index contributed by atoms with van der Waals surface area (Å²) >= 11 is 0. The minimum absolute atomic E-state index is 0.0147. The molecule has 2 aromatic rings. The summed E-state index contributed by atoms with van der Waals surface area (Å²) in [6.45, 7) is 3.69. The van der Waals surface area contributed by atoms with Gasteiger partial charge in [0.05, 0.1) is 18.9 Å². The smallest absolute Gasteiger partial charge is 0.335 e. The van der Waals surface area contributed by atoms with Crippen LogP contribution in [0.5, 0.6) is 17.2 Å². The number of hydrogen-bond donors (Lipinski definition) is 2. The van der Waals surface area contributed by atoms with E-state index in [1.165, 1.54) is 37.5 Å². The Morgan fingerprint density at radius 3 is 2.38 bits per heavy atom. The number of carbonyl (C=O) groups excluding carboxylic acids is 3. The van der Waals surface area contributed by atoms with Crippen molar-refractivity contribution in [3.8, 4) is 17.2 Å². The van der Waals surface area contributed by atoms with Crippen LogP contribution in [0.3, 0.4) is 0 Å². The van der Waals surface area contributed by atoms with Crippen LogP contribution in [0.1, 0.15) is 19.4 Å². The second-order valence-electron chi connectivity index (χ2n) is 6.54. The Morgan fingerprint density at radius 1 is 1.07 bits per heavy atom. The molecule has 3 rings (SSSR count). The monoisotopic (exact) mass is 396 g/mol. The van der Waals surface area contributed by atoms with Crippen LogP contribution in [0.15, 0.2) is 48.0 Å². The molecule has 0 atom stereocenters. The first-order valence-electron chi connectivity index (χ1n) is 8.85. The number of methoxy groups -OCH3 is 1. The van der Waals surface area contributed by atoms with Crippen LogP contribution in [0.4, 0.5) is 10.5 Å². The molecule has 8 nitrogen and oxygen atoms in total. The molecule has 1 heterocycles. The maximum Gasteiger partial charge on any atom is 0.335 e. The molecule has 0 radical (unpaired) electrons. The molecule has 0 unspecified atom stereocenters. The Morgan fingerprint density at radius 2 is 1.76 bits per heavy atom. The first kappa shape index (κ1) is 19.9. The maximum atomic E-state index is 12.9. The Kier molecular flexibility index (Phi) is 5.54. The van der Waals surface area contributed by atoms with Crippen molar-refractivity contribution in [3.63, 3.8) is 0 Å². The molecule has 2 N–H and O–H groups in total. The van der Waals surface area contributed by atoms with Crippen molar-refractivity contribution in [1.29, 1.82) is 0 Å². The fourth-order valence-corrected chi connectivity index (χ4v) is 2.77. The number of phenols is 1. The standard InChI is InChI=1S/C21H20N2O6/c1-12(2)29-18-11-16(28-3)9-4-13(18)10-17-19(25)22-21(27)23(20(17)26)14-5-7-15(24)8-6-14/h4-12,24H,1-3H3,(H,22,25,27)/b17-10+. The van der Waals surface area contributed by atoms with Crippen LogP contribution in [0.2, 0.25) is 0 Å². The fraction of sp³-hybridized carbons (Fsp3) is 0.190. The number of anilines is 1. The number of rotatable bonds is 5. The van der Waals surface area contributed by atoms with E-state index in [2.05, 4.69) is 5.32 Å². The van der Waals surface area contributed by atoms with E-state index < -0.39 is 17.8 Å². The second kappa shape index (κ2) is 8.05. The molecule has 0 aromatic heterocycles. The van der Waals surface area contributed by atoms with Gasteiger partial charge in [0.15, 0.2) is 0 Å². The lowest BCUT2D eigenvalue weighted by Gasteiger charge is -2.26. The van der Waals surface area contributed by atoms with Crippen LogP contribution >= 0.6 is 0 Å². The highest BCUT2D eigenvalue weighted by atomic mass is 16.5. The number of urea groups is 1. The zero-order valence-electron chi connectivity index (χ0n) is 16.1. The number of imide groups is 2. The van der Waals surface area contributed by atoms with Gasteiger partial charge < -0.3 is 14.6 Å². The molecule has 0 aliphatic carbocycles. The van der Waals surface area contributed by atoms with Crippen molar-refractivity contribution in [2.75, 3.05) is 12.0 Å². The van der Waals surface area contributed by atoms with Gasteiger partial charge in [0, 0.05) is 11.6 Å². The molecule has 150 valence electrons. The third kappa shape index (κ3) is 4.21. The highest BCUT2D eigenvalue weighted by Gasteiger charge is 2.37. The topological polar surface area (TPSA) is 105 Å². The number of barbiturate groups is 1. The third-order valence-corrected chi connectivity index (χ3v) is 4.09. The minimum atomic E-state index is -0.865. The van der Waals surface area contributed by atoms with Gasteiger partial charge in [-0.25, -0.2) is 9.69 Å². The van der Waals surface area contributed by atoms with E-state index in [-0.39, 0.29) is 23.1 Å². The van der Waals surface area contributed by atoms with Crippen molar-refractivity contribution in [2.45, 2.75) is 20.0 Å². The zero-order chi connectivity index (χ0) is 21.1. The minimum Gasteiger partial charge on any atom is -0.508 e. The van der Waals surface area contributed by atoms with Crippen molar-refractivity contribution in [2.24, 2.45) is 0 Å². The van der Waals surface area contributed by atoms with Gasteiger partial charge >= 0.3 is 6.03 Å². The Hall–Kier alpha value is -3.81. The molecule has 1 aliphatic rings. The van der Waals surface area contributed by atoms with Gasteiger partial charge in [-0.1, -0.05) is 0 Å². The van der Waals surface area contributed by atoms with E-state index >= 15 is 0 Å². The lowest BCUT2D eigenvalue weighted by atomic mass is 10.1. The van der Waals surface area contributed by atoms with Gasteiger partial charge in [0.25, 0.3) is 11.8 Å². The number of amides is 4. The maximum absolute atomic E-state index is 12.9. The van der Waals surface area contributed by atoms with Crippen molar-refractivity contribution >= 4 is 29.6 Å². The summed E-state index contributed by atoms with van der Waals surface area (Å²) in [7, 11) is 1.52. The number of aromatic hydroxyl groups is 1. The number of ether oxygens (including phenoxy) is 2. The molecule has 4 amide bonds. The summed E-state index contributed by atoms with van der Waals surface area (Å²) in [5, 5.41) is 11.6. The van der Waals surface area contributed by atoms with Gasteiger partial charge in [-0.15, -0.1) is 0 Å². The molecule has 0 saturated carbocycles. The lowest BCUT2D eigenvalue weighted by Crippen LogP contribution is -2.54. The van der Waals surface area contributed by atoms with E-state index in [9.17, 15) is 19.5 Å². The van der Waals surface area contributed by atoms with E-state index in [1.807, 2.05) is 13.8 Å². The number of nitrogens with one attached hydrogen (secondary N) is 1. The van der Waals surface area contributed by atoms with E-state index in [4.69, 9.17) is 9.47 Å². The van der Waals surface area contributed by atoms with Gasteiger partial charge in [0.1, 0.15) is 22.8 Å². The molecule has 1 aliphatic heterocycles.